The highest BCUT2D eigenvalue weighted by molar-refractivity contribution is 14.0. The van der Waals surface area contributed by atoms with E-state index >= 15 is 0 Å². The van der Waals surface area contributed by atoms with Crippen LogP contribution in [0.2, 0.25) is 0 Å². The fourth-order valence-corrected chi connectivity index (χ4v) is 3.52. The molecule has 0 bridgehead atoms. The molecule has 1 aliphatic heterocycles. The van der Waals surface area contributed by atoms with E-state index in [0.29, 0.717) is 12.6 Å². The molecule has 1 fully saturated rings. The average molecular weight is 524 g/mol. The SMILES string of the molecule is CN=C(NCC(C)Oc1ccccc1OC)NC1CCN(c2ccccc2)CC1.I. The van der Waals surface area contributed by atoms with Crippen LogP contribution in [0.4, 0.5) is 5.69 Å². The Morgan fingerprint density at radius 1 is 1.07 bits per heavy atom. The van der Waals surface area contributed by atoms with Crippen molar-refractivity contribution in [3.63, 3.8) is 0 Å². The molecule has 2 aromatic carbocycles. The third-order valence-corrected chi connectivity index (χ3v) is 5.13. The van der Waals surface area contributed by atoms with Crippen LogP contribution < -0.4 is 25.0 Å². The van der Waals surface area contributed by atoms with Gasteiger partial charge >= 0.3 is 0 Å². The van der Waals surface area contributed by atoms with Crippen LogP contribution in [0.1, 0.15) is 19.8 Å². The van der Waals surface area contributed by atoms with Crippen LogP contribution in [-0.2, 0) is 0 Å². The Morgan fingerprint density at radius 3 is 2.33 bits per heavy atom. The number of benzene rings is 2. The first-order chi connectivity index (χ1) is 14.2. The third-order valence-electron chi connectivity index (χ3n) is 5.13. The van der Waals surface area contributed by atoms with Crippen molar-refractivity contribution in [2.45, 2.75) is 31.9 Å². The molecular formula is C23H33IN4O2. The Kier molecular flexibility index (Phi) is 10.1. The molecule has 1 aliphatic rings. The van der Waals surface area contributed by atoms with Crippen LogP contribution in [0.3, 0.4) is 0 Å². The van der Waals surface area contributed by atoms with Gasteiger partial charge in [0.05, 0.1) is 13.7 Å². The zero-order chi connectivity index (χ0) is 20.5. The topological polar surface area (TPSA) is 58.1 Å². The lowest BCUT2D eigenvalue weighted by Gasteiger charge is -2.34. The van der Waals surface area contributed by atoms with Gasteiger partial charge in [-0.25, -0.2) is 0 Å². The van der Waals surface area contributed by atoms with E-state index in [1.807, 2.05) is 31.2 Å². The van der Waals surface area contributed by atoms with E-state index in [2.05, 4.69) is 50.9 Å². The summed E-state index contributed by atoms with van der Waals surface area (Å²) in [4.78, 5) is 6.81. The highest BCUT2D eigenvalue weighted by atomic mass is 127. The zero-order valence-corrected chi connectivity index (χ0v) is 20.3. The first-order valence-corrected chi connectivity index (χ1v) is 10.3. The number of hydrogen-bond acceptors (Lipinski definition) is 4. The number of guanidine groups is 1. The third kappa shape index (κ3) is 6.97. The van der Waals surface area contributed by atoms with Gasteiger partial charge in [0.25, 0.3) is 0 Å². The van der Waals surface area contributed by atoms with Crippen LogP contribution in [-0.4, -0.2) is 51.9 Å². The molecule has 30 heavy (non-hydrogen) atoms. The summed E-state index contributed by atoms with van der Waals surface area (Å²) in [6.45, 7) is 4.78. The second kappa shape index (κ2) is 12.5. The maximum Gasteiger partial charge on any atom is 0.191 e. The van der Waals surface area contributed by atoms with Crippen LogP contribution in [0.15, 0.2) is 59.6 Å². The van der Waals surface area contributed by atoms with E-state index in [1.165, 1.54) is 5.69 Å². The molecule has 0 amide bonds. The Morgan fingerprint density at radius 2 is 1.70 bits per heavy atom. The van der Waals surface area contributed by atoms with Gasteiger partial charge in [-0.2, -0.15) is 0 Å². The van der Waals surface area contributed by atoms with Gasteiger partial charge in [-0.15, -0.1) is 24.0 Å². The Hall–Kier alpha value is -2.16. The smallest absolute Gasteiger partial charge is 0.191 e. The van der Waals surface area contributed by atoms with Gasteiger partial charge in [0.15, 0.2) is 17.5 Å². The quantitative estimate of drug-likeness (QED) is 0.327. The van der Waals surface area contributed by atoms with Crippen LogP contribution in [0, 0.1) is 0 Å². The summed E-state index contributed by atoms with van der Waals surface area (Å²) in [6.07, 6.45) is 2.15. The Bertz CT molecular complexity index is 780. The standard InChI is InChI=1S/C23H32N4O2.HI/c1-18(29-22-12-8-7-11-21(22)28-3)17-25-23(24-2)26-19-13-15-27(16-14-19)20-9-5-4-6-10-20;/h4-12,18-19H,13-17H2,1-3H3,(H2,24,25,26);1H. The molecule has 0 spiro atoms. The molecule has 0 aromatic heterocycles. The van der Waals surface area contributed by atoms with Crippen LogP contribution >= 0.6 is 24.0 Å². The Labute approximate surface area is 197 Å². The number of nitrogens with one attached hydrogen (secondary N) is 2. The largest absolute Gasteiger partial charge is 0.493 e. The van der Waals surface area contributed by atoms with E-state index in [9.17, 15) is 0 Å². The van der Waals surface area contributed by atoms with Gasteiger partial charge in [0.2, 0.25) is 0 Å². The number of hydrogen-bond donors (Lipinski definition) is 2. The summed E-state index contributed by atoms with van der Waals surface area (Å²) in [6, 6.07) is 18.7. The minimum atomic E-state index is -0.0234. The number of anilines is 1. The molecular weight excluding hydrogens is 491 g/mol. The minimum absolute atomic E-state index is 0. The number of nitrogens with zero attached hydrogens (tertiary/aromatic N) is 2. The molecule has 2 N–H and O–H groups in total. The van der Waals surface area contributed by atoms with Crippen molar-refractivity contribution in [2.75, 3.05) is 38.7 Å². The molecule has 1 atom stereocenters. The van der Waals surface area contributed by atoms with Crippen molar-refractivity contribution in [3.05, 3.63) is 54.6 Å². The lowest BCUT2D eigenvalue weighted by Crippen LogP contribution is -2.50. The molecule has 1 saturated heterocycles. The monoisotopic (exact) mass is 524 g/mol. The number of piperidine rings is 1. The Balaban J connectivity index is 0.00000320. The fraction of sp³-hybridized carbons (Fsp3) is 0.435. The van der Waals surface area contributed by atoms with E-state index < -0.39 is 0 Å². The number of halogens is 1. The minimum Gasteiger partial charge on any atom is -0.493 e. The zero-order valence-electron chi connectivity index (χ0n) is 18.0. The van der Waals surface area contributed by atoms with Gasteiger partial charge in [-0.05, 0) is 44.0 Å². The van der Waals surface area contributed by atoms with Crippen molar-refractivity contribution < 1.29 is 9.47 Å². The number of para-hydroxylation sites is 3. The van der Waals surface area contributed by atoms with Crippen molar-refractivity contribution >= 4 is 35.6 Å². The highest BCUT2D eigenvalue weighted by Gasteiger charge is 2.20. The summed E-state index contributed by atoms with van der Waals surface area (Å²) in [7, 11) is 3.46. The number of methoxy groups -OCH3 is 1. The maximum atomic E-state index is 6.01. The van der Waals surface area contributed by atoms with Crippen molar-refractivity contribution in [1.29, 1.82) is 0 Å². The number of rotatable bonds is 7. The normalized spacial score (nSPS) is 15.7. The first-order valence-electron chi connectivity index (χ1n) is 10.3. The highest BCUT2D eigenvalue weighted by Crippen LogP contribution is 2.26. The van der Waals surface area contributed by atoms with Crippen molar-refractivity contribution in [3.8, 4) is 11.5 Å². The summed E-state index contributed by atoms with van der Waals surface area (Å²) in [5.41, 5.74) is 1.30. The number of ether oxygens (including phenoxy) is 2. The summed E-state index contributed by atoms with van der Waals surface area (Å²) < 4.78 is 11.4. The second-order valence-electron chi connectivity index (χ2n) is 7.27. The molecule has 3 rings (SSSR count). The summed E-state index contributed by atoms with van der Waals surface area (Å²) >= 11 is 0. The molecule has 2 aromatic rings. The van der Waals surface area contributed by atoms with Crippen molar-refractivity contribution in [2.24, 2.45) is 4.99 Å². The summed E-state index contributed by atoms with van der Waals surface area (Å²) in [5.74, 6) is 2.31. The lowest BCUT2D eigenvalue weighted by atomic mass is 10.0. The van der Waals surface area contributed by atoms with Gasteiger partial charge in [0, 0.05) is 31.9 Å². The molecule has 6 nitrogen and oxygen atoms in total. The van der Waals surface area contributed by atoms with E-state index in [-0.39, 0.29) is 30.1 Å². The maximum absolute atomic E-state index is 6.01. The molecule has 0 saturated carbocycles. The van der Waals surface area contributed by atoms with Crippen LogP contribution in [0.25, 0.3) is 0 Å². The summed E-state index contributed by atoms with van der Waals surface area (Å²) in [5, 5.41) is 6.93. The van der Waals surface area contributed by atoms with Crippen LogP contribution in [0.5, 0.6) is 11.5 Å². The predicted molar refractivity (Wildman–Crippen MR) is 135 cm³/mol. The van der Waals surface area contributed by atoms with Gasteiger partial charge in [-0.1, -0.05) is 30.3 Å². The molecule has 1 unspecified atom stereocenters. The molecule has 7 heteroatoms. The van der Waals surface area contributed by atoms with Gasteiger partial charge in [0.1, 0.15) is 6.10 Å². The van der Waals surface area contributed by atoms with Gasteiger partial charge < -0.3 is 25.0 Å². The number of aliphatic imine (C=N–C) groups is 1. The van der Waals surface area contributed by atoms with Gasteiger partial charge in [-0.3, -0.25) is 4.99 Å². The molecule has 164 valence electrons. The second-order valence-corrected chi connectivity index (χ2v) is 7.27. The lowest BCUT2D eigenvalue weighted by molar-refractivity contribution is 0.213. The van der Waals surface area contributed by atoms with E-state index in [1.54, 1.807) is 14.2 Å². The van der Waals surface area contributed by atoms with E-state index in [4.69, 9.17) is 9.47 Å². The predicted octanol–water partition coefficient (Wildman–Crippen LogP) is 3.91. The molecule has 0 aliphatic carbocycles. The average Bonchev–Trinajstić information content (AvgIpc) is 2.78. The first kappa shape index (κ1) is 24.1. The molecule has 0 radical (unpaired) electrons. The molecule has 1 heterocycles. The van der Waals surface area contributed by atoms with E-state index in [0.717, 1.165) is 43.4 Å². The van der Waals surface area contributed by atoms with Crippen molar-refractivity contribution in [1.82, 2.24) is 10.6 Å². The fourth-order valence-electron chi connectivity index (χ4n) is 3.52.